The number of fused-ring (bicyclic) bond motifs is 1. The van der Waals surface area contributed by atoms with Crippen LogP contribution in [0.1, 0.15) is 26.7 Å². The summed E-state index contributed by atoms with van der Waals surface area (Å²) in [6.45, 7) is 5.74. The van der Waals surface area contributed by atoms with Gasteiger partial charge in [0.2, 0.25) is 5.28 Å². The number of nitrogens with zero attached hydrogens (tertiary/aromatic N) is 4. The molecule has 0 aromatic carbocycles. The van der Waals surface area contributed by atoms with Crippen LogP contribution < -0.4 is 4.90 Å². The standard InChI is InChI=1S/C13H20ClN5O/c1-4-9(5-2)19(6-7-20-3)12-10-8-15-18-11(10)16-13(14)17-12/h8-9H,4-7H2,1-3H3,(H,15,16,17,18). The number of anilines is 1. The van der Waals surface area contributed by atoms with Crippen LogP contribution in [0.5, 0.6) is 0 Å². The van der Waals surface area contributed by atoms with Gasteiger partial charge >= 0.3 is 0 Å². The Morgan fingerprint density at radius 1 is 1.35 bits per heavy atom. The van der Waals surface area contributed by atoms with Crippen molar-refractivity contribution in [3.05, 3.63) is 11.5 Å². The van der Waals surface area contributed by atoms with E-state index in [9.17, 15) is 0 Å². The van der Waals surface area contributed by atoms with Crippen molar-refractivity contribution in [2.75, 3.05) is 25.2 Å². The maximum absolute atomic E-state index is 6.02. The maximum Gasteiger partial charge on any atom is 0.226 e. The second-order valence-electron chi connectivity index (χ2n) is 4.61. The molecule has 0 fully saturated rings. The van der Waals surface area contributed by atoms with Gasteiger partial charge in [-0.15, -0.1) is 0 Å². The average Bonchev–Trinajstić information content (AvgIpc) is 2.90. The van der Waals surface area contributed by atoms with Crippen molar-refractivity contribution in [1.82, 2.24) is 20.2 Å². The summed E-state index contributed by atoms with van der Waals surface area (Å²) >= 11 is 6.02. The first-order valence-electron chi connectivity index (χ1n) is 6.83. The Morgan fingerprint density at radius 3 is 2.75 bits per heavy atom. The fourth-order valence-electron chi connectivity index (χ4n) is 2.39. The van der Waals surface area contributed by atoms with Gasteiger partial charge in [-0.1, -0.05) is 13.8 Å². The molecule has 7 heteroatoms. The molecule has 0 aliphatic carbocycles. The summed E-state index contributed by atoms with van der Waals surface area (Å²) < 4.78 is 5.22. The van der Waals surface area contributed by atoms with E-state index in [0.717, 1.165) is 30.6 Å². The maximum atomic E-state index is 6.02. The monoisotopic (exact) mass is 297 g/mol. The molecule has 0 spiro atoms. The Balaban J connectivity index is 2.46. The molecule has 0 unspecified atom stereocenters. The van der Waals surface area contributed by atoms with Crippen LogP contribution in [0.25, 0.3) is 11.0 Å². The van der Waals surface area contributed by atoms with Gasteiger partial charge in [-0.25, -0.2) is 0 Å². The largest absolute Gasteiger partial charge is 0.383 e. The summed E-state index contributed by atoms with van der Waals surface area (Å²) in [4.78, 5) is 10.8. The lowest BCUT2D eigenvalue weighted by Gasteiger charge is -2.31. The molecule has 0 amide bonds. The van der Waals surface area contributed by atoms with E-state index in [1.54, 1.807) is 13.3 Å². The minimum absolute atomic E-state index is 0.227. The molecule has 110 valence electrons. The lowest BCUT2D eigenvalue weighted by atomic mass is 10.1. The molecule has 0 aliphatic rings. The first kappa shape index (κ1) is 15.0. The van der Waals surface area contributed by atoms with Crippen LogP contribution in [-0.2, 0) is 4.74 Å². The molecule has 2 heterocycles. The van der Waals surface area contributed by atoms with Crippen molar-refractivity contribution in [2.24, 2.45) is 0 Å². The Bertz CT molecular complexity index is 555. The number of ether oxygens (including phenoxy) is 1. The van der Waals surface area contributed by atoms with Gasteiger partial charge in [-0.05, 0) is 24.4 Å². The molecule has 0 aliphatic heterocycles. The summed E-state index contributed by atoms with van der Waals surface area (Å²) in [6.07, 6.45) is 3.80. The number of rotatable bonds is 7. The molecule has 2 aromatic heterocycles. The molecule has 0 saturated carbocycles. The third kappa shape index (κ3) is 3.02. The number of methoxy groups -OCH3 is 1. The van der Waals surface area contributed by atoms with E-state index in [-0.39, 0.29) is 5.28 Å². The van der Waals surface area contributed by atoms with E-state index in [0.29, 0.717) is 18.3 Å². The molecule has 0 bridgehead atoms. The van der Waals surface area contributed by atoms with Crippen LogP contribution in [0.4, 0.5) is 5.82 Å². The number of hydrogen-bond acceptors (Lipinski definition) is 5. The number of halogens is 1. The highest BCUT2D eigenvalue weighted by atomic mass is 35.5. The first-order chi connectivity index (χ1) is 9.71. The van der Waals surface area contributed by atoms with Gasteiger partial charge in [-0.3, -0.25) is 5.10 Å². The van der Waals surface area contributed by atoms with Gasteiger partial charge < -0.3 is 9.64 Å². The third-order valence-electron chi connectivity index (χ3n) is 3.45. The van der Waals surface area contributed by atoms with E-state index in [2.05, 4.69) is 38.9 Å². The predicted octanol–water partition coefficient (Wildman–Crippen LogP) is 2.65. The van der Waals surface area contributed by atoms with Crippen LogP contribution in [-0.4, -0.2) is 46.5 Å². The molecule has 6 nitrogen and oxygen atoms in total. The third-order valence-corrected chi connectivity index (χ3v) is 3.62. The van der Waals surface area contributed by atoms with E-state index in [1.165, 1.54) is 0 Å². The van der Waals surface area contributed by atoms with E-state index >= 15 is 0 Å². The summed E-state index contributed by atoms with van der Waals surface area (Å²) in [5.41, 5.74) is 0.661. The minimum Gasteiger partial charge on any atom is -0.383 e. The lowest BCUT2D eigenvalue weighted by molar-refractivity contribution is 0.202. The normalized spacial score (nSPS) is 11.4. The van der Waals surface area contributed by atoms with Crippen molar-refractivity contribution in [3.8, 4) is 0 Å². The fraction of sp³-hybridized carbons (Fsp3) is 0.615. The van der Waals surface area contributed by atoms with E-state index in [1.807, 2.05) is 0 Å². The number of aromatic nitrogens is 4. The molecule has 0 radical (unpaired) electrons. The second-order valence-corrected chi connectivity index (χ2v) is 4.94. The van der Waals surface area contributed by atoms with Crippen LogP contribution in [0.2, 0.25) is 5.28 Å². The molecule has 2 rings (SSSR count). The topological polar surface area (TPSA) is 66.9 Å². The SMILES string of the molecule is CCC(CC)N(CCOC)c1nc(Cl)nc2[nH]ncc12. The number of nitrogens with one attached hydrogen (secondary N) is 1. The molecule has 0 atom stereocenters. The Hall–Kier alpha value is -1.40. The second kappa shape index (κ2) is 6.85. The van der Waals surface area contributed by atoms with Crippen molar-refractivity contribution in [3.63, 3.8) is 0 Å². The van der Waals surface area contributed by atoms with Crippen LogP contribution in [0, 0.1) is 0 Å². The quantitative estimate of drug-likeness (QED) is 0.796. The summed E-state index contributed by atoms with van der Waals surface area (Å²) in [6, 6.07) is 0.384. The van der Waals surface area contributed by atoms with Crippen LogP contribution in [0.15, 0.2) is 6.20 Å². The van der Waals surface area contributed by atoms with Crippen molar-refractivity contribution < 1.29 is 4.74 Å². The molecule has 20 heavy (non-hydrogen) atoms. The fourth-order valence-corrected chi connectivity index (χ4v) is 2.56. The van der Waals surface area contributed by atoms with Crippen molar-refractivity contribution >= 4 is 28.5 Å². The highest BCUT2D eigenvalue weighted by molar-refractivity contribution is 6.28. The molecule has 2 aromatic rings. The van der Waals surface area contributed by atoms with Crippen molar-refractivity contribution in [2.45, 2.75) is 32.7 Å². The summed E-state index contributed by atoms with van der Waals surface area (Å²) in [5, 5.41) is 7.99. The minimum atomic E-state index is 0.227. The van der Waals surface area contributed by atoms with E-state index in [4.69, 9.17) is 16.3 Å². The Morgan fingerprint density at radius 2 is 2.10 bits per heavy atom. The smallest absolute Gasteiger partial charge is 0.226 e. The number of aromatic amines is 1. The zero-order valence-electron chi connectivity index (χ0n) is 12.1. The van der Waals surface area contributed by atoms with Gasteiger partial charge in [0.15, 0.2) is 5.65 Å². The first-order valence-corrected chi connectivity index (χ1v) is 7.21. The predicted molar refractivity (Wildman–Crippen MR) is 80.3 cm³/mol. The van der Waals surface area contributed by atoms with Crippen LogP contribution in [0.3, 0.4) is 0 Å². The van der Waals surface area contributed by atoms with Crippen molar-refractivity contribution in [1.29, 1.82) is 0 Å². The summed E-state index contributed by atoms with van der Waals surface area (Å²) in [7, 11) is 1.70. The molecular formula is C13H20ClN5O. The van der Waals surface area contributed by atoms with Gasteiger partial charge in [0.25, 0.3) is 0 Å². The Labute approximate surface area is 123 Å². The Kier molecular flexibility index (Phi) is 5.14. The highest BCUT2D eigenvalue weighted by Crippen LogP contribution is 2.27. The highest BCUT2D eigenvalue weighted by Gasteiger charge is 2.21. The zero-order valence-corrected chi connectivity index (χ0v) is 12.8. The summed E-state index contributed by atoms with van der Waals surface area (Å²) in [5.74, 6) is 0.819. The lowest BCUT2D eigenvalue weighted by Crippen LogP contribution is -2.37. The van der Waals surface area contributed by atoms with Gasteiger partial charge in [-0.2, -0.15) is 15.1 Å². The zero-order chi connectivity index (χ0) is 14.5. The number of hydrogen-bond donors (Lipinski definition) is 1. The van der Waals surface area contributed by atoms with Gasteiger partial charge in [0.05, 0.1) is 18.2 Å². The van der Waals surface area contributed by atoms with E-state index < -0.39 is 0 Å². The molecular weight excluding hydrogens is 278 g/mol. The van der Waals surface area contributed by atoms with Gasteiger partial charge in [0, 0.05) is 19.7 Å². The molecule has 1 N–H and O–H groups in total. The average molecular weight is 298 g/mol. The van der Waals surface area contributed by atoms with Gasteiger partial charge in [0.1, 0.15) is 5.82 Å². The molecule has 0 saturated heterocycles. The number of H-pyrrole nitrogens is 1. The van der Waals surface area contributed by atoms with Crippen LogP contribution >= 0.6 is 11.6 Å².